The molecule has 0 unspecified atom stereocenters. The van der Waals surface area contributed by atoms with Gasteiger partial charge in [0.15, 0.2) is 5.13 Å². The zero-order chi connectivity index (χ0) is 19.5. The molecule has 3 heterocycles. The predicted molar refractivity (Wildman–Crippen MR) is 111 cm³/mol. The molecule has 1 fully saturated rings. The smallest absolute Gasteiger partial charge is 0.229 e. The highest BCUT2D eigenvalue weighted by Crippen LogP contribution is 2.31. The van der Waals surface area contributed by atoms with Crippen molar-refractivity contribution in [2.75, 3.05) is 37.5 Å². The molecule has 146 valence electrons. The molecule has 0 saturated carbocycles. The Morgan fingerprint density at radius 1 is 1.25 bits per heavy atom. The number of ether oxygens (including phenoxy) is 2. The van der Waals surface area contributed by atoms with Crippen LogP contribution >= 0.6 is 11.3 Å². The lowest BCUT2D eigenvalue weighted by atomic mass is 9.97. The molecule has 0 radical (unpaired) electrons. The van der Waals surface area contributed by atoms with Gasteiger partial charge in [0, 0.05) is 43.2 Å². The molecule has 4 rings (SSSR count). The van der Waals surface area contributed by atoms with Crippen molar-refractivity contribution in [2.24, 2.45) is 5.92 Å². The highest BCUT2D eigenvalue weighted by Gasteiger charge is 2.27. The Morgan fingerprint density at radius 2 is 2.04 bits per heavy atom. The summed E-state index contributed by atoms with van der Waals surface area (Å²) in [7, 11) is 3.18. The van der Waals surface area contributed by atoms with Crippen LogP contribution in [0.1, 0.15) is 12.8 Å². The molecule has 7 nitrogen and oxygen atoms in total. The number of fused-ring (bicyclic) bond motifs is 1. The Kier molecular flexibility index (Phi) is 5.29. The summed E-state index contributed by atoms with van der Waals surface area (Å²) in [6, 6.07) is 9.22. The number of methoxy groups -OCH3 is 2. The minimum absolute atomic E-state index is 0.000702. The molecular formula is C20H22N4O3S. The van der Waals surface area contributed by atoms with E-state index in [-0.39, 0.29) is 11.8 Å². The molecule has 8 heteroatoms. The fourth-order valence-corrected chi connectivity index (χ4v) is 4.33. The third-order valence-electron chi connectivity index (χ3n) is 4.84. The van der Waals surface area contributed by atoms with Gasteiger partial charge in [0.05, 0.1) is 20.1 Å². The summed E-state index contributed by atoms with van der Waals surface area (Å²) >= 11 is 1.57. The van der Waals surface area contributed by atoms with Crippen LogP contribution in [0.3, 0.4) is 0 Å². The first kappa shape index (κ1) is 18.5. The summed E-state index contributed by atoms with van der Waals surface area (Å²) in [4.78, 5) is 25.0. The first-order valence-electron chi connectivity index (χ1n) is 9.16. The monoisotopic (exact) mass is 398 g/mol. The number of anilines is 2. The van der Waals surface area contributed by atoms with Crippen LogP contribution in [0.5, 0.6) is 11.5 Å². The number of aromatic nitrogens is 2. The van der Waals surface area contributed by atoms with Gasteiger partial charge >= 0.3 is 0 Å². The largest absolute Gasteiger partial charge is 0.497 e. The minimum atomic E-state index is -0.106. The van der Waals surface area contributed by atoms with Gasteiger partial charge in [-0.25, -0.2) is 9.97 Å². The summed E-state index contributed by atoms with van der Waals surface area (Å²) in [5.74, 6) is 1.17. The third-order valence-corrected chi connectivity index (χ3v) is 5.88. The zero-order valence-electron chi connectivity index (χ0n) is 15.8. The van der Waals surface area contributed by atoms with Crippen LogP contribution in [0.25, 0.3) is 10.3 Å². The number of pyridine rings is 1. The lowest BCUT2D eigenvalue weighted by Crippen LogP contribution is -2.40. The molecule has 0 aliphatic carbocycles. The van der Waals surface area contributed by atoms with E-state index in [2.05, 4.69) is 20.2 Å². The average Bonchev–Trinajstić information content (AvgIpc) is 3.18. The lowest BCUT2D eigenvalue weighted by molar-refractivity contribution is -0.120. The Morgan fingerprint density at radius 3 is 2.75 bits per heavy atom. The molecular weight excluding hydrogens is 376 g/mol. The number of thiazole rings is 1. The molecule has 1 atom stereocenters. The SMILES string of the molecule is COc1cc(NC(=O)[C@H]2CCCN(c3nc4cccnc4s3)C2)cc(OC)c1. The highest BCUT2D eigenvalue weighted by molar-refractivity contribution is 7.21. The van der Waals surface area contributed by atoms with Crippen LogP contribution in [-0.2, 0) is 4.79 Å². The second-order valence-corrected chi connectivity index (χ2v) is 7.66. The van der Waals surface area contributed by atoms with Crippen molar-refractivity contribution in [1.29, 1.82) is 0 Å². The summed E-state index contributed by atoms with van der Waals surface area (Å²) < 4.78 is 10.6. The fraction of sp³-hybridized carbons (Fsp3) is 0.350. The minimum Gasteiger partial charge on any atom is -0.497 e. The van der Waals surface area contributed by atoms with Crippen LogP contribution in [-0.4, -0.2) is 43.2 Å². The number of hydrogen-bond acceptors (Lipinski definition) is 7. The summed E-state index contributed by atoms with van der Waals surface area (Å²) in [5, 5.41) is 3.93. The summed E-state index contributed by atoms with van der Waals surface area (Å²) in [6.07, 6.45) is 3.58. The molecule has 1 saturated heterocycles. The maximum atomic E-state index is 12.9. The van der Waals surface area contributed by atoms with Crippen molar-refractivity contribution >= 4 is 38.4 Å². The van der Waals surface area contributed by atoms with Gasteiger partial charge in [-0.3, -0.25) is 4.79 Å². The van der Waals surface area contributed by atoms with E-state index in [1.165, 1.54) is 0 Å². The van der Waals surface area contributed by atoms with Crippen molar-refractivity contribution in [2.45, 2.75) is 12.8 Å². The molecule has 1 N–H and O–H groups in total. The number of hydrogen-bond donors (Lipinski definition) is 1. The van der Waals surface area contributed by atoms with Crippen molar-refractivity contribution in [3.05, 3.63) is 36.5 Å². The first-order chi connectivity index (χ1) is 13.7. The number of nitrogens with one attached hydrogen (secondary N) is 1. The average molecular weight is 398 g/mol. The quantitative estimate of drug-likeness (QED) is 0.708. The van der Waals surface area contributed by atoms with Gasteiger partial charge in [-0.05, 0) is 25.0 Å². The fourth-order valence-electron chi connectivity index (χ4n) is 3.38. The number of carbonyl (C=O) groups is 1. The Labute approximate surface area is 167 Å². The van der Waals surface area contributed by atoms with Crippen LogP contribution in [0.4, 0.5) is 10.8 Å². The second-order valence-electron chi connectivity index (χ2n) is 6.70. The van der Waals surface area contributed by atoms with Gasteiger partial charge in [-0.15, -0.1) is 0 Å². The van der Waals surface area contributed by atoms with E-state index in [9.17, 15) is 4.79 Å². The van der Waals surface area contributed by atoms with Crippen LogP contribution in [0, 0.1) is 5.92 Å². The Hall–Kier alpha value is -2.87. The van der Waals surface area contributed by atoms with Gasteiger partial charge in [-0.2, -0.15) is 0 Å². The molecule has 0 bridgehead atoms. The Bertz CT molecular complexity index is 935. The molecule has 2 aromatic heterocycles. The van der Waals surface area contributed by atoms with E-state index in [0.717, 1.165) is 34.9 Å². The molecule has 3 aromatic rings. The maximum Gasteiger partial charge on any atom is 0.229 e. The number of carbonyl (C=O) groups excluding carboxylic acids is 1. The van der Waals surface area contributed by atoms with Crippen molar-refractivity contribution in [3.63, 3.8) is 0 Å². The van der Waals surface area contributed by atoms with E-state index in [1.54, 1.807) is 50.0 Å². The van der Waals surface area contributed by atoms with Crippen LogP contribution in [0.2, 0.25) is 0 Å². The van der Waals surface area contributed by atoms with Gasteiger partial charge in [-0.1, -0.05) is 11.3 Å². The molecule has 1 aliphatic heterocycles. The van der Waals surface area contributed by atoms with E-state index in [0.29, 0.717) is 23.7 Å². The predicted octanol–water partition coefficient (Wildman–Crippen LogP) is 3.56. The molecule has 1 aromatic carbocycles. The van der Waals surface area contributed by atoms with Gasteiger partial charge in [0.25, 0.3) is 0 Å². The van der Waals surface area contributed by atoms with E-state index >= 15 is 0 Å². The number of rotatable bonds is 5. The Balaban J connectivity index is 1.47. The van der Waals surface area contributed by atoms with Crippen molar-refractivity contribution in [3.8, 4) is 11.5 Å². The number of amides is 1. The van der Waals surface area contributed by atoms with Crippen molar-refractivity contribution < 1.29 is 14.3 Å². The lowest BCUT2D eigenvalue weighted by Gasteiger charge is -2.31. The first-order valence-corrected chi connectivity index (χ1v) is 9.98. The third kappa shape index (κ3) is 3.87. The summed E-state index contributed by atoms with van der Waals surface area (Å²) in [6.45, 7) is 1.54. The normalized spacial score (nSPS) is 16.8. The van der Waals surface area contributed by atoms with Gasteiger partial charge in [0.2, 0.25) is 5.91 Å². The summed E-state index contributed by atoms with van der Waals surface area (Å²) in [5.41, 5.74) is 1.57. The molecule has 28 heavy (non-hydrogen) atoms. The number of benzene rings is 1. The van der Waals surface area contributed by atoms with Gasteiger partial charge < -0.3 is 19.7 Å². The van der Waals surface area contributed by atoms with Crippen LogP contribution < -0.4 is 19.7 Å². The number of nitrogens with zero attached hydrogens (tertiary/aromatic N) is 3. The van der Waals surface area contributed by atoms with E-state index in [4.69, 9.17) is 9.47 Å². The highest BCUT2D eigenvalue weighted by atomic mass is 32.1. The van der Waals surface area contributed by atoms with E-state index < -0.39 is 0 Å². The maximum absolute atomic E-state index is 12.9. The van der Waals surface area contributed by atoms with Gasteiger partial charge in [0.1, 0.15) is 21.8 Å². The standard InChI is InChI=1S/C20H22N4O3S/c1-26-15-9-14(10-16(11-15)27-2)22-18(25)13-5-4-8-24(12-13)20-23-17-6-3-7-21-19(17)28-20/h3,6-7,9-11,13H,4-5,8,12H2,1-2H3,(H,22,25)/t13-/m0/s1. The van der Waals surface area contributed by atoms with E-state index in [1.807, 2.05) is 12.1 Å². The molecule has 0 spiro atoms. The second kappa shape index (κ2) is 8.02. The molecule has 1 aliphatic rings. The number of piperidine rings is 1. The van der Waals surface area contributed by atoms with Crippen LogP contribution in [0.15, 0.2) is 36.5 Å². The zero-order valence-corrected chi connectivity index (χ0v) is 16.7. The topological polar surface area (TPSA) is 76.6 Å². The van der Waals surface area contributed by atoms with Crippen molar-refractivity contribution in [1.82, 2.24) is 9.97 Å². The molecule has 1 amide bonds.